The van der Waals surface area contributed by atoms with Crippen molar-refractivity contribution in [3.63, 3.8) is 0 Å². The van der Waals surface area contributed by atoms with Crippen LogP contribution in [0.1, 0.15) is 55.5 Å². The molecule has 0 spiro atoms. The summed E-state index contributed by atoms with van der Waals surface area (Å²) in [7, 11) is 0. The van der Waals surface area contributed by atoms with Gasteiger partial charge >= 0.3 is 0 Å². The summed E-state index contributed by atoms with van der Waals surface area (Å²) in [6.45, 7) is 7.31. The quantitative estimate of drug-likeness (QED) is 0.795. The number of amides is 1. The van der Waals surface area contributed by atoms with Gasteiger partial charge in [0.15, 0.2) is 0 Å². The van der Waals surface area contributed by atoms with Crippen LogP contribution in [-0.2, 0) is 0 Å². The molecule has 0 aromatic heterocycles. The standard InChI is InChI=1S/C17H26N2O/c1-4-6-13-11-16(13)19-17(20)15-8-7-14(10-12(15)3)18-9-5-2/h7-8,10,13,16,18H,4-6,9,11H2,1-3H3,(H,19,20). The molecule has 0 heterocycles. The van der Waals surface area contributed by atoms with E-state index in [9.17, 15) is 4.79 Å². The van der Waals surface area contributed by atoms with Crippen LogP contribution in [0.15, 0.2) is 18.2 Å². The number of hydrogen-bond acceptors (Lipinski definition) is 2. The molecule has 0 bridgehead atoms. The van der Waals surface area contributed by atoms with Crippen molar-refractivity contribution in [3.05, 3.63) is 29.3 Å². The molecule has 20 heavy (non-hydrogen) atoms. The van der Waals surface area contributed by atoms with Crippen molar-refractivity contribution in [1.29, 1.82) is 0 Å². The molecule has 1 aromatic carbocycles. The monoisotopic (exact) mass is 274 g/mol. The highest BCUT2D eigenvalue weighted by atomic mass is 16.1. The van der Waals surface area contributed by atoms with E-state index in [0.29, 0.717) is 12.0 Å². The van der Waals surface area contributed by atoms with Gasteiger partial charge < -0.3 is 10.6 Å². The molecule has 2 atom stereocenters. The highest BCUT2D eigenvalue weighted by molar-refractivity contribution is 5.96. The molecule has 2 unspecified atom stereocenters. The molecule has 1 saturated carbocycles. The van der Waals surface area contributed by atoms with Gasteiger partial charge in [0.2, 0.25) is 0 Å². The number of anilines is 1. The number of carbonyl (C=O) groups is 1. The zero-order valence-corrected chi connectivity index (χ0v) is 12.8. The second-order valence-electron chi connectivity index (χ2n) is 5.82. The molecule has 0 radical (unpaired) electrons. The Labute approximate surface area is 122 Å². The summed E-state index contributed by atoms with van der Waals surface area (Å²) in [5.41, 5.74) is 2.93. The van der Waals surface area contributed by atoms with Crippen LogP contribution in [0, 0.1) is 12.8 Å². The third-order valence-electron chi connectivity index (χ3n) is 3.95. The fourth-order valence-electron chi connectivity index (χ4n) is 2.66. The van der Waals surface area contributed by atoms with Gasteiger partial charge in [0.05, 0.1) is 0 Å². The normalized spacial score (nSPS) is 20.6. The molecule has 1 aromatic rings. The number of nitrogens with one attached hydrogen (secondary N) is 2. The molecule has 1 amide bonds. The Bertz CT molecular complexity index is 470. The van der Waals surface area contributed by atoms with Crippen LogP contribution in [0.3, 0.4) is 0 Å². The fraction of sp³-hybridized carbons (Fsp3) is 0.588. The zero-order valence-electron chi connectivity index (χ0n) is 12.8. The Morgan fingerprint density at radius 3 is 2.75 bits per heavy atom. The van der Waals surface area contributed by atoms with Gasteiger partial charge in [-0.25, -0.2) is 0 Å². The smallest absolute Gasteiger partial charge is 0.251 e. The maximum atomic E-state index is 12.3. The number of aryl methyl sites for hydroxylation is 1. The minimum Gasteiger partial charge on any atom is -0.385 e. The van der Waals surface area contributed by atoms with Crippen molar-refractivity contribution in [3.8, 4) is 0 Å². The van der Waals surface area contributed by atoms with Crippen molar-refractivity contribution in [2.45, 2.75) is 52.5 Å². The Balaban J connectivity index is 1.93. The van der Waals surface area contributed by atoms with E-state index in [1.54, 1.807) is 0 Å². The van der Waals surface area contributed by atoms with Crippen LogP contribution in [0.2, 0.25) is 0 Å². The first-order chi connectivity index (χ1) is 9.65. The highest BCUT2D eigenvalue weighted by Gasteiger charge is 2.37. The highest BCUT2D eigenvalue weighted by Crippen LogP contribution is 2.34. The van der Waals surface area contributed by atoms with Gasteiger partial charge in [-0.15, -0.1) is 0 Å². The summed E-state index contributed by atoms with van der Waals surface area (Å²) in [6.07, 6.45) is 4.67. The van der Waals surface area contributed by atoms with Crippen LogP contribution in [-0.4, -0.2) is 18.5 Å². The van der Waals surface area contributed by atoms with Gasteiger partial charge in [-0.2, -0.15) is 0 Å². The van der Waals surface area contributed by atoms with Gasteiger partial charge in [0, 0.05) is 23.8 Å². The van der Waals surface area contributed by atoms with Crippen LogP contribution in [0.5, 0.6) is 0 Å². The van der Waals surface area contributed by atoms with E-state index in [0.717, 1.165) is 36.2 Å². The van der Waals surface area contributed by atoms with Crippen molar-refractivity contribution < 1.29 is 4.79 Å². The molecule has 3 nitrogen and oxygen atoms in total. The lowest BCUT2D eigenvalue weighted by molar-refractivity contribution is 0.0948. The van der Waals surface area contributed by atoms with Crippen LogP contribution < -0.4 is 10.6 Å². The summed E-state index contributed by atoms with van der Waals surface area (Å²) in [4.78, 5) is 12.3. The van der Waals surface area contributed by atoms with E-state index in [-0.39, 0.29) is 5.91 Å². The van der Waals surface area contributed by atoms with E-state index in [4.69, 9.17) is 0 Å². The number of benzene rings is 1. The number of hydrogen-bond donors (Lipinski definition) is 2. The maximum absolute atomic E-state index is 12.3. The number of carbonyl (C=O) groups excluding carboxylic acids is 1. The predicted octanol–water partition coefficient (Wildman–Crippen LogP) is 3.74. The molecule has 110 valence electrons. The molecule has 3 heteroatoms. The van der Waals surface area contributed by atoms with E-state index < -0.39 is 0 Å². The summed E-state index contributed by atoms with van der Waals surface area (Å²) >= 11 is 0. The largest absolute Gasteiger partial charge is 0.385 e. The molecule has 2 rings (SSSR count). The topological polar surface area (TPSA) is 41.1 Å². The van der Waals surface area contributed by atoms with Gasteiger partial charge in [0.1, 0.15) is 0 Å². The summed E-state index contributed by atoms with van der Waals surface area (Å²) < 4.78 is 0. The minimum absolute atomic E-state index is 0.0770. The molecule has 2 N–H and O–H groups in total. The van der Waals surface area contributed by atoms with Crippen LogP contribution >= 0.6 is 0 Å². The lowest BCUT2D eigenvalue weighted by Gasteiger charge is -2.10. The van der Waals surface area contributed by atoms with E-state index in [2.05, 4.69) is 30.5 Å². The SMILES string of the molecule is CCCNc1ccc(C(=O)NC2CC2CCC)c(C)c1. The third kappa shape index (κ3) is 3.75. The van der Waals surface area contributed by atoms with Gasteiger partial charge in [-0.05, 0) is 55.9 Å². The Kier molecular flexibility index (Phi) is 5.05. The zero-order chi connectivity index (χ0) is 14.5. The van der Waals surface area contributed by atoms with Crippen molar-refractivity contribution in [2.24, 2.45) is 5.92 Å². The minimum atomic E-state index is 0.0770. The Morgan fingerprint density at radius 1 is 1.30 bits per heavy atom. The van der Waals surface area contributed by atoms with E-state index in [1.165, 1.54) is 12.8 Å². The summed E-state index contributed by atoms with van der Waals surface area (Å²) in [6, 6.07) is 6.38. The second-order valence-corrected chi connectivity index (χ2v) is 5.82. The molecule has 1 aliphatic rings. The molecule has 1 aliphatic carbocycles. The molecular formula is C17H26N2O. The van der Waals surface area contributed by atoms with Crippen LogP contribution in [0.4, 0.5) is 5.69 Å². The lowest BCUT2D eigenvalue weighted by Crippen LogP contribution is -2.27. The van der Waals surface area contributed by atoms with Gasteiger partial charge in [0.25, 0.3) is 5.91 Å². The Hall–Kier alpha value is -1.51. The van der Waals surface area contributed by atoms with E-state index >= 15 is 0 Å². The molecular weight excluding hydrogens is 248 g/mol. The molecule has 0 saturated heterocycles. The van der Waals surface area contributed by atoms with Gasteiger partial charge in [-0.1, -0.05) is 20.3 Å². The fourth-order valence-corrected chi connectivity index (χ4v) is 2.66. The summed E-state index contributed by atoms with van der Waals surface area (Å²) in [5, 5.41) is 6.50. The second kappa shape index (κ2) is 6.78. The van der Waals surface area contributed by atoms with Crippen LogP contribution in [0.25, 0.3) is 0 Å². The van der Waals surface area contributed by atoms with Crippen molar-refractivity contribution in [1.82, 2.24) is 5.32 Å². The van der Waals surface area contributed by atoms with E-state index in [1.807, 2.05) is 19.1 Å². The van der Waals surface area contributed by atoms with Crippen molar-refractivity contribution in [2.75, 3.05) is 11.9 Å². The van der Waals surface area contributed by atoms with Crippen molar-refractivity contribution >= 4 is 11.6 Å². The van der Waals surface area contributed by atoms with Gasteiger partial charge in [-0.3, -0.25) is 4.79 Å². The third-order valence-corrected chi connectivity index (χ3v) is 3.95. The molecule has 0 aliphatic heterocycles. The first-order valence-electron chi connectivity index (χ1n) is 7.81. The first kappa shape index (κ1) is 14.9. The summed E-state index contributed by atoms with van der Waals surface area (Å²) in [5.74, 6) is 0.780. The average Bonchev–Trinajstić information content (AvgIpc) is 3.14. The predicted molar refractivity (Wildman–Crippen MR) is 84.2 cm³/mol. The molecule has 1 fully saturated rings. The Morgan fingerprint density at radius 2 is 2.10 bits per heavy atom. The average molecular weight is 274 g/mol. The number of rotatable bonds is 7. The first-order valence-corrected chi connectivity index (χ1v) is 7.81. The lowest BCUT2D eigenvalue weighted by atomic mass is 10.1. The maximum Gasteiger partial charge on any atom is 0.251 e.